The molecule has 0 aromatic heterocycles. The lowest BCUT2D eigenvalue weighted by atomic mass is 9.84. The first-order valence-electron chi connectivity index (χ1n) is 25.8. The van der Waals surface area contributed by atoms with Gasteiger partial charge in [-0.15, -0.1) is 0 Å². The first-order valence-corrected chi connectivity index (χ1v) is 28.1. The van der Waals surface area contributed by atoms with Crippen LogP contribution in [-0.2, 0) is 24.4 Å². The molecule has 0 unspecified atom stereocenters. The van der Waals surface area contributed by atoms with Gasteiger partial charge in [0.15, 0.2) is 0 Å². The maximum atomic E-state index is 14.0. The molecule has 6 aromatic carbocycles. The summed E-state index contributed by atoms with van der Waals surface area (Å²) in [5.41, 5.74) is 9.32. The minimum absolute atomic E-state index is 0.118. The molecule has 2 saturated heterocycles. The zero-order valence-corrected chi connectivity index (χ0v) is 48.1. The van der Waals surface area contributed by atoms with Crippen LogP contribution in [0.15, 0.2) is 84.9 Å². The van der Waals surface area contributed by atoms with Crippen LogP contribution in [0, 0.1) is 11.6 Å². The van der Waals surface area contributed by atoms with Gasteiger partial charge in [-0.05, 0) is 192 Å². The fourth-order valence-corrected chi connectivity index (χ4v) is 13.0. The summed E-state index contributed by atoms with van der Waals surface area (Å²) in [4.78, 5) is 46.8. The molecule has 0 aliphatic carbocycles. The Hall–Kier alpha value is -5.19. The number of methoxy groups -OCH3 is 1. The minimum Gasteiger partial charge on any atom is -0.465 e. The minimum atomic E-state index is -0.595. The fourth-order valence-electron chi connectivity index (χ4n) is 11.1. The molecule has 0 atom stereocenters. The van der Waals surface area contributed by atoms with E-state index in [0.29, 0.717) is 50.9 Å². The molecule has 410 valence electrons. The third-order valence-electron chi connectivity index (χ3n) is 15.3. The molecule has 19 heteroatoms. The molecule has 0 bridgehead atoms. The second-order valence-electron chi connectivity index (χ2n) is 20.5. The van der Waals surface area contributed by atoms with Crippen LogP contribution in [0.25, 0.3) is 22.3 Å². The number of hydrogen-bond acceptors (Lipinski definition) is 7. The zero-order valence-electron chi connectivity index (χ0n) is 43.6. The Morgan fingerprint density at radius 3 is 1.31 bits per heavy atom. The Balaban J connectivity index is 0.000000190. The Kier molecular flexibility index (Phi) is 17.9. The lowest BCUT2D eigenvalue weighted by Gasteiger charge is -2.37. The average molecular weight is 1180 g/mol. The zero-order chi connectivity index (χ0) is 55.9. The van der Waals surface area contributed by atoms with Crippen LogP contribution in [0.2, 0.25) is 30.1 Å². The summed E-state index contributed by atoms with van der Waals surface area (Å²) in [5.74, 6) is -0.913. The summed E-state index contributed by atoms with van der Waals surface area (Å²) >= 11 is 39.7. The highest BCUT2D eigenvalue weighted by Crippen LogP contribution is 2.49. The Labute approximate surface area is 483 Å². The van der Waals surface area contributed by atoms with Crippen molar-refractivity contribution in [2.75, 3.05) is 43.1 Å². The molecule has 11 nitrogen and oxygen atoms in total. The smallest absolute Gasteiger partial charge is 0.337 e. The molecule has 78 heavy (non-hydrogen) atoms. The summed E-state index contributed by atoms with van der Waals surface area (Å²) in [5, 5.41) is 16.7. The maximum absolute atomic E-state index is 14.0. The number of nitrogens with zero attached hydrogens (tertiary/aromatic N) is 4. The molecule has 3 N–H and O–H groups in total. The van der Waals surface area contributed by atoms with E-state index >= 15 is 0 Å². The molecule has 0 radical (unpaired) electrons. The molecule has 10 rings (SSSR count). The third kappa shape index (κ3) is 11.8. The van der Waals surface area contributed by atoms with Crippen molar-refractivity contribution in [2.45, 2.75) is 97.0 Å². The van der Waals surface area contributed by atoms with E-state index in [2.05, 4.69) is 66.3 Å². The number of fused-ring (bicyclic) bond motifs is 2. The number of esters is 1. The van der Waals surface area contributed by atoms with Crippen molar-refractivity contribution in [3.8, 4) is 22.3 Å². The highest BCUT2D eigenvalue weighted by Gasteiger charge is 2.36. The van der Waals surface area contributed by atoms with Gasteiger partial charge < -0.3 is 30.3 Å². The Morgan fingerprint density at radius 1 is 0.577 bits per heavy atom. The van der Waals surface area contributed by atoms with Gasteiger partial charge in [-0.3, -0.25) is 9.80 Å². The number of benzene rings is 6. The number of halogens is 8. The third-order valence-corrected chi connectivity index (χ3v) is 17.0. The van der Waals surface area contributed by atoms with Gasteiger partial charge in [-0.2, -0.15) is 0 Å². The van der Waals surface area contributed by atoms with Gasteiger partial charge >= 0.3 is 18.0 Å². The van der Waals surface area contributed by atoms with E-state index in [1.54, 1.807) is 24.3 Å². The summed E-state index contributed by atoms with van der Waals surface area (Å²) in [6, 6.07) is 23.2. The number of carbonyl (C=O) groups excluding carboxylic acids is 3. The van der Waals surface area contributed by atoms with Crippen LogP contribution in [0.3, 0.4) is 0 Å². The summed E-state index contributed by atoms with van der Waals surface area (Å²) in [6.45, 7) is 13.0. The number of likely N-dealkylation sites (tertiary alicyclic amines) is 2. The number of amides is 4. The highest BCUT2D eigenvalue weighted by molar-refractivity contribution is 6.42. The molecule has 0 saturated carbocycles. The van der Waals surface area contributed by atoms with Crippen molar-refractivity contribution in [2.24, 2.45) is 0 Å². The van der Waals surface area contributed by atoms with Gasteiger partial charge in [0.1, 0.15) is 11.6 Å². The summed E-state index contributed by atoms with van der Waals surface area (Å²) in [6.07, 6.45) is 3.86. The number of aliphatic hydroxyl groups excluding tert-OH is 1. The molecule has 4 heterocycles. The number of piperidine rings is 2. The van der Waals surface area contributed by atoms with Crippen LogP contribution in [0.4, 0.5) is 41.1 Å². The van der Waals surface area contributed by atoms with Crippen LogP contribution in [-0.4, -0.2) is 78.3 Å². The van der Waals surface area contributed by atoms with Crippen molar-refractivity contribution in [3.63, 3.8) is 0 Å². The Bertz CT molecular complexity index is 3270. The van der Waals surface area contributed by atoms with E-state index in [4.69, 9.17) is 74.3 Å². The molecule has 0 spiro atoms. The van der Waals surface area contributed by atoms with Crippen LogP contribution in [0.5, 0.6) is 0 Å². The van der Waals surface area contributed by atoms with Crippen molar-refractivity contribution in [1.82, 2.24) is 20.4 Å². The number of hydrogen-bond donors (Lipinski definition) is 3. The van der Waals surface area contributed by atoms with E-state index in [9.17, 15) is 28.3 Å². The number of rotatable bonds is 10. The number of ether oxygens (including phenoxy) is 1. The van der Waals surface area contributed by atoms with E-state index in [0.717, 1.165) is 85.2 Å². The number of nitrogens with one attached hydrogen (secondary N) is 2. The molecule has 4 aliphatic heterocycles. The van der Waals surface area contributed by atoms with Crippen LogP contribution in [0.1, 0.15) is 103 Å². The van der Waals surface area contributed by atoms with Gasteiger partial charge in [0.05, 0.1) is 72.2 Å². The SMILES string of the molecule is CC(C)N1CCC(c2cc(-c3ccc(F)cc3Cl)c3c(c2)N(c2c(Cl)cc(CO)cc2Cl)C(=O)NC3)CC1.COC(=O)c1cc(Cl)c(N2C(=O)NCc3c(-c4ccc(F)cc4Cl)cc(C4CCN(C(C)C)CC4)cc32)c(Cl)c1. The van der Waals surface area contributed by atoms with Crippen molar-refractivity contribution < 1.29 is 33.0 Å². The van der Waals surface area contributed by atoms with E-state index in [1.165, 1.54) is 53.3 Å². The van der Waals surface area contributed by atoms with Crippen LogP contribution >= 0.6 is 69.6 Å². The lowest BCUT2D eigenvalue weighted by Crippen LogP contribution is -2.42. The predicted molar refractivity (Wildman–Crippen MR) is 310 cm³/mol. The van der Waals surface area contributed by atoms with E-state index in [-0.39, 0.29) is 73.9 Å². The average Bonchev–Trinajstić information content (AvgIpc) is 3.53. The topological polar surface area (TPSA) is 118 Å². The first-order chi connectivity index (χ1) is 37.3. The number of carbonyl (C=O) groups is 3. The highest BCUT2D eigenvalue weighted by atomic mass is 35.5. The van der Waals surface area contributed by atoms with E-state index < -0.39 is 23.6 Å². The molecular weight excluding hydrogens is 1120 g/mol. The Morgan fingerprint density at radius 2 is 0.962 bits per heavy atom. The molecule has 4 aliphatic rings. The van der Waals surface area contributed by atoms with E-state index in [1.807, 2.05) is 6.07 Å². The first kappa shape index (κ1) is 57.5. The predicted octanol–water partition coefficient (Wildman–Crippen LogP) is 16.1. The standard InChI is InChI=1S/C30H29Cl3FN3O3.C29H29Cl3FN3O2/c1-16(2)36-8-6-17(7-9-36)18-10-22(21-5-4-20(34)14-24(21)31)23-15-35-30(39)37(27(23)13-18)28-25(32)11-19(12-26(28)33)29(38)40-3;1-16(2)35-7-5-18(6-8-35)19-11-22(21-4-3-20(33)13-24(21)30)23-14-34-29(38)36(27(23)12-19)28-25(31)9-17(15-37)10-26(28)32/h4-5,10-14,16-17H,6-9,15H2,1-3H3,(H,35,39);3-4,9-13,16,18,37H,5-8,14-15H2,1-2H3,(H,34,38). The number of anilines is 4. The lowest BCUT2D eigenvalue weighted by molar-refractivity contribution is 0.0600. The second kappa shape index (κ2) is 24.3. The van der Waals surface area contributed by atoms with Gasteiger partial charge in [0.25, 0.3) is 0 Å². The second-order valence-corrected chi connectivity index (χ2v) is 23.0. The van der Waals surface area contributed by atoms with Crippen molar-refractivity contribution >= 4 is 110 Å². The molecule has 4 amide bonds. The summed E-state index contributed by atoms with van der Waals surface area (Å²) < 4.78 is 32.8. The molecule has 2 fully saturated rings. The monoisotopic (exact) mass is 1180 g/mol. The fraction of sp³-hybridized carbons (Fsp3) is 0.339. The maximum Gasteiger partial charge on any atom is 0.337 e. The van der Waals surface area contributed by atoms with Crippen LogP contribution < -0.4 is 20.4 Å². The normalized spacial score (nSPS) is 16.4. The largest absolute Gasteiger partial charge is 0.465 e. The molecular formula is C59H58Cl6F2N6O5. The molecule has 6 aromatic rings. The van der Waals surface area contributed by atoms with Crippen molar-refractivity contribution in [3.05, 3.63) is 160 Å². The van der Waals surface area contributed by atoms with Crippen molar-refractivity contribution in [1.29, 1.82) is 0 Å². The number of aliphatic hydroxyl groups is 1. The van der Waals surface area contributed by atoms with Gasteiger partial charge in [-0.1, -0.05) is 81.7 Å². The quantitative estimate of drug-likeness (QED) is 0.117. The number of urea groups is 2. The summed E-state index contributed by atoms with van der Waals surface area (Å²) in [7, 11) is 1.27. The van der Waals surface area contributed by atoms with Gasteiger partial charge in [0, 0.05) is 47.4 Å². The van der Waals surface area contributed by atoms with Gasteiger partial charge in [0.2, 0.25) is 0 Å². The van der Waals surface area contributed by atoms with Gasteiger partial charge in [-0.25, -0.2) is 23.2 Å².